The van der Waals surface area contributed by atoms with Crippen LogP contribution in [0.2, 0.25) is 5.02 Å². The van der Waals surface area contributed by atoms with Crippen LogP contribution in [0, 0.1) is 0 Å². The minimum atomic E-state index is -3.93. The number of sulfonamides is 1. The third-order valence-corrected chi connectivity index (χ3v) is 4.11. The van der Waals surface area contributed by atoms with Crippen molar-refractivity contribution in [3.63, 3.8) is 0 Å². The largest absolute Gasteiger partial charge is 0.395 e. The van der Waals surface area contributed by atoms with Gasteiger partial charge in [0.15, 0.2) is 0 Å². The van der Waals surface area contributed by atoms with E-state index < -0.39 is 21.8 Å². The summed E-state index contributed by atoms with van der Waals surface area (Å²) in [6, 6.07) is 3.68. The molecule has 1 aliphatic rings. The van der Waals surface area contributed by atoms with Crippen molar-refractivity contribution in [3.8, 4) is 0 Å². The Balaban J connectivity index is 2.30. The minimum Gasteiger partial charge on any atom is -0.395 e. The number of nitrogens with one attached hydrogen (secondary N) is 1. The number of nitrogens with zero attached hydrogens (tertiary/aromatic N) is 1. The zero-order valence-electron chi connectivity index (χ0n) is 11.1. The normalized spacial score (nSPS) is 15.2. The fraction of sp³-hybridized carbons (Fsp3) is 0.167. The molecule has 118 valence electrons. The van der Waals surface area contributed by atoms with Gasteiger partial charge in [0.05, 0.1) is 28.8 Å². The van der Waals surface area contributed by atoms with Gasteiger partial charge in [-0.25, -0.2) is 13.6 Å². The number of nitrogens with two attached hydrogens (primary N) is 1. The maximum absolute atomic E-state index is 12.0. The first-order chi connectivity index (χ1) is 10.2. The fourth-order valence-corrected chi connectivity index (χ4v) is 2.54. The predicted octanol–water partition coefficient (Wildman–Crippen LogP) is -0.356. The lowest BCUT2D eigenvalue weighted by Crippen LogP contribution is -2.34. The Bertz CT molecular complexity index is 775. The fourth-order valence-electron chi connectivity index (χ4n) is 1.83. The minimum absolute atomic E-state index is 0.0769. The van der Waals surface area contributed by atoms with Gasteiger partial charge < -0.3 is 10.4 Å². The summed E-state index contributed by atoms with van der Waals surface area (Å²) in [7, 11) is -3.93. The van der Waals surface area contributed by atoms with Crippen LogP contribution in [0.5, 0.6) is 0 Å². The van der Waals surface area contributed by atoms with E-state index in [1.54, 1.807) is 0 Å². The van der Waals surface area contributed by atoms with E-state index in [9.17, 15) is 18.0 Å². The molecule has 0 spiro atoms. The summed E-state index contributed by atoms with van der Waals surface area (Å²) in [5.74, 6) is -1.23. The Labute approximate surface area is 131 Å². The van der Waals surface area contributed by atoms with E-state index in [1.807, 2.05) is 0 Å². The molecule has 0 atom stereocenters. The maximum atomic E-state index is 12.0. The lowest BCUT2D eigenvalue weighted by molar-refractivity contribution is -0.137. The van der Waals surface area contributed by atoms with Crippen molar-refractivity contribution in [1.29, 1.82) is 0 Å². The first-order valence-corrected chi connectivity index (χ1v) is 7.94. The molecule has 10 heteroatoms. The molecule has 0 radical (unpaired) electrons. The summed E-state index contributed by atoms with van der Waals surface area (Å²) in [5, 5.41) is 16.6. The van der Waals surface area contributed by atoms with E-state index >= 15 is 0 Å². The second-order valence-electron chi connectivity index (χ2n) is 4.39. The zero-order valence-corrected chi connectivity index (χ0v) is 12.7. The Kier molecular flexibility index (Phi) is 4.52. The van der Waals surface area contributed by atoms with Gasteiger partial charge >= 0.3 is 0 Å². The van der Waals surface area contributed by atoms with Crippen LogP contribution >= 0.6 is 11.6 Å². The molecule has 1 aromatic carbocycles. The Hall–Kier alpha value is -1.94. The van der Waals surface area contributed by atoms with Crippen molar-refractivity contribution >= 4 is 39.1 Å². The number of imide groups is 1. The van der Waals surface area contributed by atoms with Crippen molar-refractivity contribution in [2.75, 3.05) is 18.5 Å². The quantitative estimate of drug-likeness (QED) is 0.625. The number of hydrogen-bond donors (Lipinski definition) is 3. The van der Waals surface area contributed by atoms with Gasteiger partial charge in [-0.15, -0.1) is 0 Å². The van der Waals surface area contributed by atoms with Crippen molar-refractivity contribution in [2.24, 2.45) is 5.14 Å². The highest BCUT2D eigenvalue weighted by molar-refractivity contribution is 7.89. The van der Waals surface area contributed by atoms with Crippen LogP contribution in [0.4, 0.5) is 5.69 Å². The highest BCUT2D eigenvalue weighted by Crippen LogP contribution is 2.27. The van der Waals surface area contributed by atoms with Crippen molar-refractivity contribution in [2.45, 2.75) is 4.90 Å². The molecule has 0 bridgehead atoms. The molecule has 4 N–H and O–H groups in total. The van der Waals surface area contributed by atoms with Gasteiger partial charge in [-0.05, 0) is 18.2 Å². The molecule has 0 fully saturated rings. The van der Waals surface area contributed by atoms with Crippen molar-refractivity contribution in [1.82, 2.24) is 4.90 Å². The molecule has 0 aliphatic carbocycles. The van der Waals surface area contributed by atoms with Crippen LogP contribution in [0.15, 0.2) is 34.9 Å². The van der Waals surface area contributed by atoms with Gasteiger partial charge in [-0.1, -0.05) is 11.6 Å². The number of β-amino-alcohol motifs (C(OH)–C–C–N with tert-alkyl or cyclic N) is 1. The van der Waals surface area contributed by atoms with E-state index in [0.717, 1.165) is 17.0 Å². The van der Waals surface area contributed by atoms with E-state index in [-0.39, 0.29) is 34.5 Å². The molecule has 0 aromatic heterocycles. The number of rotatable bonds is 5. The Morgan fingerprint density at radius 2 is 2.00 bits per heavy atom. The number of benzene rings is 1. The summed E-state index contributed by atoms with van der Waals surface area (Å²) < 4.78 is 22.6. The molecule has 0 unspecified atom stereocenters. The number of carbonyl (C=O) groups is 2. The predicted molar refractivity (Wildman–Crippen MR) is 78.3 cm³/mol. The third-order valence-electron chi connectivity index (χ3n) is 2.87. The number of amides is 2. The smallest absolute Gasteiger partial charge is 0.277 e. The molecular formula is C12H12ClN3O5S. The molecule has 1 aromatic rings. The second kappa shape index (κ2) is 6.05. The van der Waals surface area contributed by atoms with Crippen molar-refractivity contribution in [3.05, 3.63) is 35.0 Å². The lowest BCUT2D eigenvalue weighted by atomic mass is 10.3. The van der Waals surface area contributed by atoms with Crippen LogP contribution in [0.3, 0.4) is 0 Å². The number of hydrogen-bond acceptors (Lipinski definition) is 6. The van der Waals surface area contributed by atoms with Gasteiger partial charge in [0.2, 0.25) is 10.0 Å². The SMILES string of the molecule is NS(=O)(=O)c1ccc(Cl)c(NC2=CC(=O)N(CCO)C2=O)c1. The number of aliphatic hydroxyl groups is 1. The van der Waals surface area contributed by atoms with Crippen LogP contribution in [-0.4, -0.2) is 43.4 Å². The summed E-state index contributed by atoms with van der Waals surface area (Å²) in [6.45, 7) is -0.495. The van der Waals surface area contributed by atoms with Crippen LogP contribution in [0.25, 0.3) is 0 Å². The first kappa shape index (κ1) is 16.4. The topological polar surface area (TPSA) is 130 Å². The monoisotopic (exact) mass is 345 g/mol. The third kappa shape index (κ3) is 3.28. The first-order valence-electron chi connectivity index (χ1n) is 6.02. The molecule has 1 aliphatic heterocycles. The zero-order chi connectivity index (χ0) is 16.5. The summed E-state index contributed by atoms with van der Waals surface area (Å²) >= 11 is 5.93. The van der Waals surface area contributed by atoms with Gasteiger partial charge in [0, 0.05) is 6.08 Å². The highest BCUT2D eigenvalue weighted by Gasteiger charge is 2.31. The summed E-state index contributed by atoms with van der Waals surface area (Å²) in [6.07, 6.45) is 1.04. The van der Waals surface area contributed by atoms with Crippen LogP contribution < -0.4 is 10.5 Å². The van der Waals surface area contributed by atoms with Crippen LogP contribution in [-0.2, 0) is 19.6 Å². The van der Waals surface area contributed by atoms with Crippen molar-refractivity contribution < 1.29 is 23.1 Å². The number of anilines is 1. The molecule has 8 nitrogen and oxygen atoms in total. The second-order valence-corrected chi connectivity index (χ2v) is 6.36. The molecule has 1 heterocycles. The van der Waals surface area contributed by atoms with Gasteiger partial charge in [-0.2, -0.15) is 0 Å². The van der Waals surface area contributed by atoms with E-state index in [2.05, 4.69) is 5.32 Å². The van der Waals surface area contributed by atoms with Gasteiger partial charge in [0.1, 0.15) is 5.70 Å². The Morgan fingerprint density at radius 1 is 1.32 bits per heavy atom. The number of carbonyl (C=O) groups excluding carboxylic acids is 2. The van der Waals surface area contributed by atoms with E-state index in [1.165, 1.54) is 12.1 Å². The average Bonchev–Trinajstić information content (AvgIpc) is 2.68. The highest BCUT2D eigenvalue weighted by atomic mass is 35.5. The van der Waals surface area contributed by atoms with Crippen LogP contribution in [0.1, 0.15) is 0 Å². The molecule has 2 rings (SSSR count). The molecule has 22 heavy (non-hydrogen) atoms. The molecule has 0 saturated heterocycles. The van der Waals surface area contributed by atoms with E-state index in [0.29, 0.717) is 0 Å². The average molecular weight is 346 g/mol. The lowest BCUT2D eigenvalue weighted by Gasteiger charge is -2.14. The standard InChI is InChI=1S/C12H12ClN3O5S/c13-8-2-1-7(22(14,20)21)5-9(8)15-10-6-11(18)16(3-4-17)12(10)19/h1-2,5-6,15,17H,3-4H2,(H2,14,20,21). The van der Waals surface area contributed by atoms with E-state index in [4.69, 9.17) is 21.8 Å². The summed E-state index contributed by atoms with van der Waals surface area (Å²) in [4.78, 5) is 24.3. The van der Waals surface area contributed by atoms with Gasteiger partial charge in [0.25, 0.3) is 11.8 Å². The number of aliphatic hydroxyl groups excluding tert-OH is 1. The van der Waals surface area contributed by atoms with Gasteiger partial charge in [-0.3, -0.25) is 14.5 Å². The number of primary sulfonamides is 1. The molecule has 0 saturated carbocycles. The summed E-state index contributed by atoms with van der Waals surface area (Å²) in [5.41, 5.74) is 0.0401. The molecular weight excluding hydrogens is 334 g/mol. The maximum Gasteiger partial charge on any atom is 0.277 e. The number of halogens is 1. The molecule has 2 amide bonds. The Morgan fingerprint density at radius 3 is 2.59 bits per heavy atom.